The van der Waals surface area contributed by atoms with Gasteiger partial charge in [0.05, 0.1) is 12.8 Å². The van der Waals surface area contributed by atoms with Crippen LogP contribution in [0.25, 0.3) is 11.2 Å². The molecule has 152 valence electrons. The van der Waals surface area contributed by atoms with E-state index in [0.717, 1.165) is 5.56 Å². The quantitative estimate of drug-likeness (QED) is 0.285. The maximum atomic E-state index is 10.4. The Morgan fingerprint density at radius 2 is 2.00 bits per heavy atom. The first-order valence-electron chi connectivity index (χ1n) is 8.65. The molecule has 3 aromatic rings. The molecule has 4 rings (SSSR count). The van der Waals surface area contributed by atoms with Crippen molar-refractivity contribution in [2.45, 2.75) is 24.5 Å². The van der Waals surface area contributed by atoms with Crippen LogP contribution >= 0.6 is 11.6 Å². The Morgan fingerprint density at radius 1 is 1.24 bits per heavy atom. The third-order valence-corrected chi connectivity index (χ3v) is 4.78. The van der Waals surface area contributed by atoms with E-state index in [-0.39, 0.29) is 22.9 Å². The van der Waals surface area contributed by atoms with Crippen LogP contribution in [0, 0.1) is 0 Å². The summed E-state index contributed by atoms with van der Waals surface area (Å²) in [5.41, 5.74) is 9.99. The standard InChI is InChI=1S/C17H18ClN7O4/c18-9-3-1-8(2-4-9)5-22-24-17-23-11-14(19)20-7-21-15(11)25(17)16-13(28)12(27)10(6-26)29-16/h1-5,7,10,12-13,16,26-28H,6H2,(H,23,24)(H2,19,20,21)/b22-5-/t10-,12+,13+,16+/m0/s1. The molecule has 0 amide bonds. The molecule has 3 heterocycles. The molecular weight excluding hydrogens is 402 g/mol. The number of fused-ring (bicyclic) bond motifs is 1. The molecule has 1 saturated heterocycles. The maximum Gasteiger partial charge on any atom is 0.228 e. The van der Waals surface area contributed by atoms with Crippen molar-refractivity contribution in [3.8, 4) is 0 Å². The number of hydrogen-bond acceptors (Lipinski definition) is 10. The number of imidazole rings is 1. The molecule has 1 aromatic carbocycles. The lowest BCUT2D eigenvalue weighted by atomic mass is 10.1. The van der Waals surface area contributed by atoms with Crippen LogP contribution in [0.5, 0.6) is 0 Å². The van der Waals surface area contributed by atoms with Gasteiger partial charge in [0.15, 0.2) is 23.2 Å². The van der Waals surface area contributed by atoms with Gasteiger partial charge >= 0.3 is 0 Å². The molecule has 2 aromatic heterocycles. The molecule has 11 nitrogen and oxygen atoms in total. The number of aliphatic hydroxyl groups is 3. The van der Waals surface area contributed by atoms with Gasteiger partial charge in [0.1, 0.15) is 24.6 Å². The van der Waals surface area contributed by atoms with Crippen molar-refractivity contribution in [1.82, 2.24) is 19.5 Å². The number of nitrogens with one attached hydrogen (secondary N) is 1. The van der Waals surface area contributed by atoms with E-state index in [1.165, 1.54) is 10.9 Å². The summed E-state index contributed by atoms with van der Waals surface area (Å²) in [5, 5.41) is 34.6. The van der Waals surface area contributed by atoms with Crippen LogP contribution in [0.1, 0.15) is 11.8 Å². The fourth-order valence-electron chi connectivity index (χ4n) is 3.05. The number of nitrogen functional groups attached to an aromatic ring is 1. The monoisotopic (exact) mass is 419 g/mol. The van der Waals surface area contributed by atoms with Crippen LogP contribution in [-0.2, 0) is 4.74 Å². The van der Waals surface area contributed by atoms with E-state index in [0.29, 0.717) is 5.02 Å². The zero-order valence-electron chi connectivity index (χ0n) is 14.9. The fourth-order valence-corrected chi connectivity index (χ4v) is 3.18. The van der Waals surface area contributed by atoms with Crippen LogP contribution in [0.15, 0.2) is 35.7 Å². The number of rotatable bonds is 5. The summed E-state index contributed by atoms with van der Waals surface area (Å²) in [7, 11) is 0. The van der Waals surface area contributed by atoms with Crippen LogP contribution in [-0.4, -0.2) is 66.0 Å². The molecule has 4 atom stereocenters. The van der Waals surface area contributed by atoms with Crippen LogP contribution in [0.3, 0.4) is 0 Å². The second-order valence-electron chi connectivity index (χ2n) is 6.39. The van der Waals surface area contributed by atoms with Gasteiger partial charge < -0.3 is 25.8 Å². The predicted octanol–water partition coefficient (Wildman–Crippen LogP) is 0.119. The number of benzene rings is 1. The lowest BCUT2D eigenvalue weighted by Crippen LogP contribution is -2.33. The molecule has 6 N–H and O–H groups in total. The number of aliphatic hydroxyl groups excluding tert-OH is 3. The first kappa shape index (κ1) is 19.5. The van der Waals surface area contributed by atoms with E-state index in [1.807, 2.05) is 0 Å². The second kappa shape index (κ2) is 7.89. The smallest absolute Gasteiger partial charge is 0.228 e. The van der Waals surface area contributed by atoms with Crippen molar-refractivity contribution in [2.24, 2.45) is 5.10 Å². The van der Waals surface area contributed by atoms with E-state index in [1.54, 1.807) is 30.5 Å². The van der Waals surface area contributed by atoms with Gasteiger partial charge in [0.25, 0.3) is 0 Å². The topological polar surface area (TPSA) is 164 Å². The number of anilines is 2. The summed E-state index contributed by atoms with van der Waals surface area (Å²) in [5.74, 6) is 0.289. The van der Waals surface area contributed by atoms with Gasteiger partial charge in [-0.2, -0.15) is 5.10 Å². The minimum atomic E-state index is -1.33. The summed E-state index contributed by atoms with van der Waals surface area (Å²) in [6.07, 6.45) is -1.86. The molecule has 1 aliphatic rings. The van der Waals surface area contributed by atoms with Gasteiger partial charge in [-0.3, -0.25) is 4.57 Å². The van der Waals surface area contributed by atoms with Crippen LogP contribution in [0.4, 0.5) is 11.8 Å². The Kier molecular flexibility index (Phi) is 5.30. The van der Waals surface area contributed by atoms with Gasteiger partial charge in [0.2, 0.25) is 5.95 Å². The Hall–Kier alpha value is -2.83. The largest absolute Gasteiger partial charge is 0.394 e. The number of hydrazone groups is 1. The van der Waals surface area contributed by atoms with Gasteiger partial charge in [0, 0.05) is 5.02 Å². The van der Waals surface area contributed by atoms with E-state index >= 15 is 0 Å². The summed E-state index contributed by atoms with van der Waals surface area (Å²) < 4.78 is 7.02. The second-order valence-corrected chi connectivity index (χ2v) is 6.82. The SMILES string of the molecule is Nc1ncnc2c1nc(N/N=C\c1ccc(Cl)cc1)n2[C@@H]1O[C@@H](CO)[C@@H](O)[C@H]1O. The highest BCUT2D eigenvalue weighted by atomic mass is 35.5. The Balaban J connectivity index is 1.71. The Bertz CT molecular complexity index is 1040. The van der Waals surface area contributed by atoms with Gasteiger partial charge in [-0.1, -0.05) is 23.7 Å². The van der Waals surface area contributed by atoms with Crippen molar-refractivity contribution < 1.29 is 20.1 Å². The summed E-state index contributed by atoms with van der Waals surface area (Å²) in [6, 6.07) is 7.03. The summed E-state index contributed by atoms with van der Waals surface area (Å²) in [4.78, 5) is 12.4. The van der Waals surface area contributed by atoms with E-state index in [4.69, 9.17) is 22.1 Å². The van der Waals surface area contributed by atoms with E-state index in [2.05, 4.69) is 25.5 Å². The Labute approximate surface area is 169 Å². The lowest BCUT2D eigenvalue weighted by molar-refractivity contribution is -0.0501. The number of hydrogen-bond donors (Lipinski definition) is 5. The average molecular weight is 420 g/mol. The summed E-state index contributed by atoms with van der Waals surface area (Å²) in [6.45, 7) is -0.462. The predicted molar refractivity (Wildman–Crippen MR) is 105 cm³/mol. The highest BCUT2D eigenvalue weighted by molar-refractivity contribution is 6.30. The molecule has 29 heavy (non-hydrogen) atoms. The molecular formula is C17H18ClN7O4. The van der Waals surface area contributed by atoms with Crippen molar-refractivity contribution in [3.05, 3.63) is 41.2 Å². The van der Waals surface area contributed by atoms with Gasteiger partial charge in [-0.25, -0.2) is 20.4 Å². The third kappa shape index (κ3) is 3.61. The van der Waals surface area contributed by atoms with E-state index in [9.17, 15) is 15.3 Å². The van der Waals surface area contributed by atoms with Crippen LogP contribution in [0.2, 0.25) is 5.02 Å². The molecule has 0 bridgehead atoms. The third-order valence-electron chi connectivity index (χ3n) is 4.53. The number of nitrogens with two attached hydrogens (primary N) is 1. The van der Waals surface area contributed by atoms with Gasteiger partial charge in [-0.15, -0.1) is 0 Å². The first-order valence-corrected chi connectivity index (χ1v) is 9.03. The van der Waals surface area contributed by atoms with Crippen molar-refractivity contribution in [3.63, 3.8) is 0 Å². The zero-order valence-corrected chi connectivity index (χ0v) is 15.7. The van der Waals surface area contributed by atoms with Crippen LogP contribution < -0.4 is 11.2 Å². The molecule has 0 radical (unpaired) electrons. The fraction of sp³-hybridized carbons (Fsp3) is 0.294. The van der Waals surface area contributed by atoms with Crippen molar-refractivity contribution in [1.29, 1.82) is 0 Å². The zero-order chi connectivity index (χ0) is 20.5. The molecule has 0 unspecified atom stereocenters. The Morgan fingerprint density at radius 3 is 2.69 bits per heavy atom. The number of nitrogens with zero attached hydrogens (tertiary/aromatic N) is 5. The number of ether oxygens (including phenoxy) is 1. The van der Waals surface area contributed by atoms with E-state index < -0.39 is 31.1 Å². The summed E-state index contributed by atoms with van der Waals surface area (Å²) >= 11 is 5.87. The highest BCUT2D eigenvalue weighted by Gasteiger charge is 2.45. The van der Waals surface area contributed by atoms with Crippen molar-refractivity contribution in [2.75, 3.05) is 17.8 Å². The number of aromatic nitrogens is 4. The molecule has 0 spiro atoms. The van der Waals surface area contributed by atoms with Gasteiger partial charge in [-0.05, 0) is 17.7 Å². The highest BCUT2D eigenvalue weighted by Crippen LogP contribution is 2.35. The van der Waals surface area contributed by atoms with Crippen molar-refractivity contribution >= 4 is 40.7 Å². The molecule has 1 aliphatic heterocycles. The molecule has 1 fully saturated rings. The molecule has 0 aliphatic carbocycles. The average Bonchev–Trinajstić information content (AvgIpc) is 3.22. The minimum absolute atomic E-state index is 0.130. The number of halogens is 1. The molecule has 12 heteroatoms. The maximum absolute atomic E-state index is 10.4. The molecule has 0 saturated carbocycles. The minimum Gasteiger partial charge on any atom is -0.394 e. The first-order chi connectivity index (χ1) is 14.0. The normalized spacial score (nSPS) is 24.6. The lowest BCUT2D eigenvalue weighted by Gasteiger charge is -2.18.